The van der Waals surface area contributed by atoms with Crippen LogP contribution in [0.2, 0.25) is 0 Å². The molecule has 152 valence electrons. The van der Waals surface area contributed by atoms with E-state index in [1.54, 1.807) is 24.6 Å². The molecule has 0 unspecified atom stereocenters. The van der Waals surface area contributed by atoms with Gasteiger partial charge in [0, 0.05) is 17.8 Å². The third-order valence-electron chi connectivity index (χ3n) is 3.87. The zero-order valence-electron chi connectivity index (χ0n) is 15.7. The number of nitrogens with zero attached hydrogens (tertiary/aromatic N) is 1. The number of aromatic hydroxyl groups is 1. The van der Waals surface area contributed by atoms with E-state index in [1.165, 1.54) is 6.07 Å². The topological polar surface area (TPSA) is 91.9 Å². The van der Waals surface area contributed by atoms with E-state index < -0.39 is 0 Å². The van der Waals surface area contributed by atoms with Crippen molar-refractivity contribution in [1.82, 2.24) is 0 Å². The van der Waals surface area contributed by atoms with Crippen LogP contribution in [0.25, 0.3) is 0 Å². The normalized spacial score (nSPS) is 17.1. The van der Waals surface area contributed by atoms with Gasteiger partial charge in [0.25, 0.3) is 0 Å². The van der Waals surface area contributed by atoms with Gasteiger partial charge >= 0.3 is 0 Å². The van der Waals surface area contributed by atoms with E-state index in [9.17, 15) is 5.11 Å². The van der Waals surface area contributed by atoms with Crippen LogP contribution in [0.15, 0.2) is 39.9 Å². The smallest absolute Gasteiger partial charge is 0.165 e. The zero-order chi connectivity index (χ0) is 19.4. The highest BCUT2D eigenvalue weighted by molar-refractivity contribution is 5.84. The number of hydrogen-bond donors (Lipinski definition) is 1. The Labute approximate surface area is 163 Å². The van der Waals surface area contributed by atoms with Crippen LogP contribution in [0.5, 0.6) is 17.2 Å². The Hall–Kier alpha value is -2.55. The third-order valence-corrected chi connectivity index (χ3v) is 3.87. The van der Waals surface area contributed by atoms with Gasteiger partial charge in [-0.15, -0.1) is 0 Å². The molecule has 0 spiro atoms. The Morgan fingerprint density at radius 3 is 2.07 bits per heavy atom. The molecule has 0 fully saturated rings. The highest BCUT2D eigenvalue weighted by Gasteiger charge is 2.12. The molecule has 1 aliphatic rings. The van der Waals surface area contributed by atoms with Crippen LogP contribution in [-0.2, 0) is 20.8 Å². The van der Waals surface area contributed by atoms with Crippen LogP contribution in [0.3, 0.4) is 0 Å². The van der Waals surface area contributed by atoms with E-state index in [-0.39, 0.29) is 5.75 Å². The largest absolute Gasteiger partial charge is 0.507 e. The van der Waals surface area contributed by atoms with Gasteiger partial charge in [0.15, 0.2) is 11.5 Å². The lowest BCUT2D eigenvalue weighted by molar-refractivity contribution is 0.00708. The quantitative estimate of drug-likeness (QED) is 0.804. The van der Waals surface area contributed by atoms with Gasteiger partial charge in [0.05, 0.1) is 52.4 Å². The Morgan fingerprint density at radius 1 is 0.857 bits per heavy atom. The van der Waals surface area contributed by atoms with Crippen LogP contribution < -0.4 is 9.47 Å². The molecule has 0 aliphatic carbocycles. The van der Waals surface area contributed by atoms with E-state index in [2.05, 4.69) is 4.99 Å². The van der Waals surface area contributed by atoms with Crippen molar-refractivity contribution >= 4 is 6.21 Å². The Bertz CT molecular complexity index is 730. The molecule has 2 heterocycles. The van der Waals surface area contributed by atoms with Crippen molar-refractivity contribution < 1.29 is 33.2 Å². The molecule has 1 aromatic heterocycles. The van der Waals surface area contributed by atoms with Gasteiger partial charge in [-0.25, -0.2) is 0 Å². The molecule has 0 saturated heterocycles. The Morgan fingerprint density at radius 2 is 1.46 bits per heavy atom. The summed E-state index contributed by atoms with van der Waals surface area (Å²) in [5, 5.41) is 10.3. The molecule has 8 nitrogen and oxygen atoms in total. The Kier molecular flexibility index (Phi) is 8.17. The number of hydrogen-bond acceptors (Lipinski definition) is 8. The lowest BCUT2D eigenvalue weighted by Crippen LogP contribution is -2.13. The molecule has 1 aromatic carbocycles. The van der Waals surface area contributed by atoms with Gasteiger partial charge < -0.3 is 33.2 Å². The van der Waals surface area contributed by atoms with Crippen molar-refractivity contribution in [1.29, 1.82) is 0 Å². The van der Waals surface area contributed by atoms with Crippen molar-refractivity contribution in [2.24, 2.45) is 4.99 Å². The first-order chi connectivity index (χ1) is 13.8. The SMILES string of the molecule is Oc1cc2c(cc1C=NCc1ccco1)OCCOCCOCCOCCO2. The number of ether oxygens (including phenoxy) is 5. The number of benzene rings is 1. The first kappa shape index (κ1) is 20.2. The fourth-order valence-electron chi connectivity index (χ4n) is 2.49. The van der Waals surface area contributed by atoms with E-state index in [0.717, 1.165) is 5.76 Å². The molecule has 0 bridgehead atoms. The molecule has 3 rings (SSSR count). The van der Waals surface area contributed by atoms with Crippen LogP contribution in [0.4, 0.5) is 0 Å². The van der Waals surface area contributed by atoms with Gasteiger partial charge in [-0.05, 0) is 18.2 Å². The number of aliphatic imine (C=N–C) groups is 1. The summed E-state index contributed by atoms with van der Waals surface area (Å²) in [7, 11) is 0. The van der Waals surface area contributed by atoms with Crippen molar-refractivity contribution in [3.63, 3.8) is 0 Å². The van der Waals surface area contributed by atoms with Crippen LogP contribution in [0.1, 0.15) is 11.3 Å². The van der Waals surface area contributed by atoms with Crippen molar-refractivity contribution in [2.45, 2.75) is 6.54 Å². The summed E-state index contributed by atoms with van der Waals surface area (Å²) in [5.74, 6) is 1.74. The molecular weight excluding hydrogens is 366 g/mol. The molecule has 28 heavy (non-hydrogen) atoms. The second kappa shape index (κ2) is 11.3. The monoisotopic (exact) mass is 391 g/mol. The highest BCUT2D eigenvalue weighted by atomic mass is 16.6. The molecule has 8 heteroatoms. The number of furan rings is 1. The summed E-state index contributed by atoms with van der Waals surface area (Å²) in [5.41, 5.74) is 0.525. The molecule has 0 amide bonds. The molecule has 0 saturated carbocycles. The maximum Gasteiger partial charge on any atom is 0.165 e. The number of phenols is 1. The first-order valence-electron chi connectivity index (χ1n) is 9.21. The average molecular weight is 391 g/mol. The van der Waals surface area contributed by atoms with Crippen LogP contribution in [0, 0.1) is 0 Å². The summed E-state index contributed by atoms with van der Waals surface area (Å²) in [6.45, 7) is 3.90. The first-order valence-corrected chi connectivity index (χ1v) is 9.21. The number of fused-ring (bicyclic) bond motifs is 1. The standard InChI is InChI=1S/C20H25NO7/c22-18-13-20-19(12-16(18)14-21-15-17-2-1-3-26-17)27-10-8-24-6-4-23-5-7-25-9-11-28-20/h1-3,12-14,22H,4-11,15H2. The molecular formula is C20H25NO7. The van der Waals surface area contributed by atoms with E-state index in [0.29, 0.717) is 76.5 Å². The molecule has 1 N–H and O–H groups in total. The lowest BCUT2D eigenvalue weighted by atomic mass is 10.2. The van der Waals surface area contributed by atoms with E-state index in [1.807, 2.05) is 6.07 Å². The maximum absolute atomic E-state index is 10.3. The van der Waals surface area contributed by atoms with Crippen LogP contribution in [-0.4, -0.2) is 64.2 Å². The minimum absolute atomic E-state index is 0.0500. The van der Waals surface area contributed by atoms with Crippen molar-refractivity contribution in [2.75, 3.05) is 52.9 Å². The minimum Gasteiger partial charge on any atom is -0.507 e. The van der Waals surface area contributed by atoms with Gasteiger partial charge in [-0.3, -0.25) is 4.99 Å². The van der Waals surface area contributed by atoms with Gasteiger partial charge in [-0.2, -0.15) is 0 Å². The van der Waals surface area contributed by atoms with Crippen LogP contribution >= 0.6 is 0 Å². The average Bonchev–Trinajstić information content (AvgIpc) is 3.20. The predicted octanol–water partition coefficient (Wildman–Crippen LogP) is 2.43. The maximum atomic E-state index is 10.3. The van der Waals surface area contributed by atoms with Crippen molar-refractivity contribution in [3.05, 3.63) is 41.9 Å². The number of phenolic OH excluding ortho intramolecular Hbond substituents is 1. The third kappa shape index (κ3) is 6.56. The van der Waals surface area contributed by atoms with Crippen molar-refractivity contribution in [3.8, 4) is 17.2 Å². The minimum atomic E-state index is 0.0500. The lowest BCUT2D eigenvalue weighted by Gasteiger charge is -2.14. The molecule has 0 atom stereocenters. The fourth-order valence-corrected chi connectivity index (χ4v) is 2.49. The second-order valence-corrected chi connectivity index (χ2v) is 5.94. The molecule has 0 radical (unpaired) electrons. The van der Waals surface area contributed by atoms with Gasteiger partial charge in [-0.1, -0.05) is 0 Å². The molecule has 2 aromatic rings. The van der Waals surface area contributed by atoms with Gasteiger partial charge in [0.2, 0.25) is 0 Å². The summed E-state index contributed by atoms with van der Waals surface area (Å²) < 4.78 is 33.0. The van der Waals surface area contributed by atoms with E-state index in [4.69, 9.17) is 28.1 Å². The zero-order valence-corrected chi connectivity index (χ0v) is 15.7. The predicted molar refractivity (Wildman–Crippen MR) is 102 cm³/mol. The fraction of sp³-hybridized carbons (Fsp3) is 0.450. The number of rotatable bonds is 3. The summed E-state index contributed by atoms with van der Waals surface area (Å²) in [6, 6.07) is 6.86. The second-order valence-electron chi connectivity index (χ2n) is 5.94. The highest BCUT2D eigenvalue weighted by Crippen LogP contribution is 2.34. The summed E-state index contributed by atoms with van der Waals surface area (Å²) >= 11 is 0. The van der Waals surface area contributed by atoms with Gasteiger partial charge in [0.1, 0.15) is 24.7 Å². The Balaban J connectivity index is 1.68. The van der Waals surface area contributed by atoms with E-state index >= 15 is 0 Å². The summed E-state index contributed by atoms with van der Waals surface area (Å²) in [4.78, 5) is 4.30. The molecule has 1 aliphatic heterocycles. The summed E-state index contributed by atoms with van der Waals surface area (Å²) in [6.07, 6.45) is 3.17.